The Morgan fingerprint density at radius 3 is 2.61 bits per heavy atom. The van der Waals surface area contributed by atoms with E-state index in [2.05, 4.69) is 26.2 Å². The second-order valence-electron chi connectivity index (χ2n) is 5.61. The quantitative estimate of drug-likeness (QED) is 0.490. The van der Waals surface area contributed by atoms with E-state index in [0.29, 0.717) is 15.8 Å². The van der Waals surface area contributed by atoms with Crippen LogP contribution in [0.5, 0.6) is 5.75 Å². The standard InChI is InChI=1S/C17H10BrF3N2O4S/c18-15-9-5-10(7-2-1-3-8(4-7)17(19,20)21)28-14(9)13(26)12(23-15)16(27)22-6-11(24)25/h1-5,26H,6H2,(H,22,27)(H,24,25). The molecule has 0 bridgehead atoms. The molecule has 1 amide bonds. The summed E-state index contributed by atoms with van der Waals surface area (Å²) in [6, 6.07) is 6.27. The zero-order chi connectivity index (χ0) is 20.6. The number of hydrogen-bond acceptors (Lipinski definition) is 5. The first-order valence-electron chi connectivity index (χ1n) is 7.57. The van der Waals surface area contributed by atoms with E-state index in [9.17, 15) is 27.9 Å². The fraction of sp³-hybridized carbons (Fsp3) is 0.118. The summed E-state index contributed by atoms with van der Waals surface area (Å²) in [6.07, 6.45) is -4.49. The number of nitrogens with zero attached hydrogens (tertiary/aromatic N) is 1. The molecule has 3 N–H and O–H groups in total. The van der Waals surface area contributed by atoms with Crippen LogP contribution in [0.4, 0.5) is 13.2 Å². The molecular formula is C17H10BrF3N2O4S. The van der Waals surface area contributed by atoms with Gasteiger partial charge in [0.05, 0.1) is 10.3 Å². The SMILES string of the molecule is O=C(O)CNC(=O)c1nc(Br)c2cc(-c3cccc(C(F)(F)F)c3)sc2c1O. The molecule has 0 saturated heterocycles. The third-order valence-corrected chi connectivity index (χ3v) is 5.49. The first-order valence-corrected chi connectivity index (χ1v) is 9.18. The maximum absolute atomic E-state index is 12.9. The van der Waals surface area contributed by atoms with Crippen LogP contribution in [-0.2, 0) is 11.0 Å². The van der Waals surface area contributed by atoms with Crippen LogP contribution in [0.1, 0.15) is 16.1 Å². The number of nitrogens with one attached hydrogen (secondary N) is 1. The highest BCUT2D eigenvalue weighted by atomic mass is 79.9. The molecule has 146 valence electrons. The second kappa shape index (κ2) is 7.40. The maximum atomic E-state index is 12.9. The Kier molecular flexibility index (Phi) is 5.31. The van der Waals surface area contributed by atoms with E-state index in [-0.39, 0.29) is 9.30 Å². The predicted molar refractivity (Wildman–Crippen MR) is 99.4 cm³/mol. The van der Waals surface area contributed by atoms with Gasteiger partial charge in [0.1, 0.15) is 11.1 Å². The molecule has 0 aliphatic carbocycles. The van der Waals surface area contributed by atoms with Gasteiger partial charge in [0, 0.05) is 10.3 Å². The first-order chi connectivity index (χ1) is 13.1. The van der Waals surface area contributed by atoms with Crippen molar-refractivity contribution in [1.82, 2.24) is 10.3 Å². The number of carboxylic acid groups (broad SMARTS) is 1. The van der Waals surface area contributed by atoms with E-state index < -0.39 is 41.6 Å². The second-order valence-corrected chi connectivity index (χ2v) is 7.41. The van der Waals surface area contributed by atoms with E-state index in [1.54, 1.807) is 6.07 Å². The molecule has 11 heteroatoms. The number of thiophene rings is 1. The average Bonchev–Trinajstić information content (AvgIpc) is 3.08. The van der Waals surface area contributed by atoms with Gasteiger partial charge in [0.15, 0.2) is 11.4 Å². The number of amides is 1. The van der Waals surface area contributed by atoms with Crippen LogP contribution in [0.25, 0.3) is 20.5 Å². The van der Waals surface area contributed by atoms with E-state index in [1.807, 2.05) is 0 Å². The zero-order valence-corrected chi connectivity index (χ0v) is 16.1. The first kappa shape index (κ1) is 20.1. The Hall–Kier alpha value is -2.66. The van der Waals surface area contributed by atoms with Crippen molar-refractivity contribution < 1.29 is 33.0 Å². The van der Waals surface area contributed by atoms with Gasteiger partial charge in [-0.1, -0.05) is 12.1 Å². The summed E-state index contributed by atoms with van der Waals surface area (Å²) in [4.78, 5) is 27.0. The Morgan fingerprint density at radius 1 is 1.25 bits per heavy atom. The van der Waals surface area contributed by atoms with Crippen LogP contribution in [-0.4, -0.2) is 33.6 Å². The van der Waals surface area contributed by atoms with Crippen LogP contribution in [0.15, 0.2) is 34.9 Å². The number of hydrogen-bond donors (Lipinski definition) is 3. The third kappa shape index (κ3) is 3.94. The number of rotatable bonds is 4. The van der Waals surface area contributed by atoms with Gasteiger partial charge in [-0.15, -0.1) is 11.3 Å². The van der Waals surface area contributed by atoms with Crippen molar-refractivity contribution in [2.45, 2.75) is 6.18 Å². The number of carbonyl (C=O) groups excluding carboxylic acids is 1. The van der Waals surface area contributed by atoms with Crippen molar-refractivity contribution in [1.29, 1.82) is 0 Å². The van der Waals surface area contributed by atoms with E-state index in [4.69, 9.17) is 5.11 Å². The molecule has 3 aromatic rings. The lowest BCUT2D eigenvalue weighted by Crippen LogP contribution is -2.30. The topological polar surface area (TPSA) is 99.5 Å². The average molecular weight is 475 g/mol. The van der Waals surface area contributed by atoms with Crippen molar-refractivity contribution >= 4 is 49.2 Å². The van der Waals surface area contributed by atoms with Crippen LogP contribution in [0.3, 0.4) is 0 Å². The van der Waals surface area contributed by atoms with Gasteiger partial charge >= 0.3 is 12.1 Å². The largest absolute Gasteiger partial charge is 0.504 e. The molecule has 0 radical (unpaired) electrons. The number of carboxylic acids is 1. The molecule has 2 aromatic heterocycles. The summed E-state index contributed by atoms with van der Waals surface area (Å²) in [5.41, 5.74) is -0.908. The molecule has 0 fully saturated rings. The molecule has 0 unspecified atom stereocenters. The van der Waals surface area contributed by atoms with E-state index in [0.717, 1.165) is 23.5 Å². The zero-order valence-electron chi connectivity index (χ0n) is 13.7. The number of alkyl halides is 3. The normalized spacial score (nSPS) is 11.6. The number of aromatic nitrogens is 1. The van der Waals surface area contributed by atoms with Crippen LogP contribution in [0.2, 0.25) is 0 Å². The highest BCUT2D eigenvalue weighted by Gasteiger charge is 2.30. The molecule has 0 aliphatic heterocycles. The predicted octanol–water partition coefficient (Wildman–Crippen LogP) is 4.26. The molecule has 2 heterocycles. The van der Waals surface area contributed by atoms with Crippen molar-refractivity contribution in [2.24, 2.45) is 0 Å². The fourth-order valence-electron chi connectivity index (χ4n) is 2.43. The van der Waals surface area contributed by atoms with Crippen LogP contribution < -0.4 is 5.32 Å². The fourth-order valence-corrected chi connectivity index (χ4v) is 4.15. The minimum Gasteiger partial charge on any atom is -0.504 e. The van der Waals surface area contributed by atoms with E-state index >= 15 is 0 Å². The molecule has 3 rings (SSSR count). The summed E-state index contributed by atoms with van der Waals surface area (Å²) in [5, 5.41) is 21.5. The number of fused-ring (bicyclic) bond motifs is 1. The van der Waals surface area contributed by atoms with Gasteiger partial charge in [-0.25, -0.2) is 4.98 Å². The van der Waals surface area contributed by atoms with Gasteiger partial charge in [-0.2, -0.15) is 13.2 Å². The molecule has 0 aliphatic rings. The van der Waals surface area contributed by atoms with Crippen molar-refractivity contribution in [3.63, 3.8) is 0 Å². The molecular weight excluding hydrogens is 465 g/mol. The molecule has 28 heavy (non-hydrogen) atoms. The number of halogens is 4. The summed E-state index contributed by atoms with van der Waals surface area (Å²) in [5.74, 6) is -2.64. The Labute approximate surface area is 167 Å². The van der Waals surface area contributed by atoms with Gasteiger partial charge in [-0.3, -0.25) is 9.59 Å². The smallest absolute Gasteiger partial charge is 0.416 e. The van der Waals surface area contributed by atoms with Crippen molar-refractivity contribution in [2.75, 3.05) is 6.54 Å². The molecule has 0 saturated carbocycles. The van der Waals surface area contributed by atoms with Gasteiger partial charge < -0.3 is 15.5 Å². The van der Waals surface area contributed by atoms with Gasteiger partial charge in [0.25, 0.3) is 5.91 Å². The number of aliphatic carboxylic acids is 1. The van der Waals surface area contributed by atoms with Crippen molar-refractivity contribution in [3.05, 3.63) is 46.2 Å². The summed E-state index contributed by atoms with van der Waals surface area (Å²) >= 11 is 4.15. The Morgan fingerprint density at radius 2 is 1.96 bits per heavy atom. The molecule has 1 aromatic carbocycles. The molecule has 0 spiro atoms. The van der Waals surface area contributed by atoms with Gasteiger partial charge in [0.2, 0.25) is 0 Å². The monoisotopic (exact) mass is 474 g/mol. The minimum absolute atomic E-state index is 0.190. The Bertz CT molecular complexity index is 1100. The lowest BCUT2D eigenvalue weighted by Gasteiger charge is -2.07. The highest BCUT2D eigenvalue weighted by molar-refractivity contribution is 9.10. The molecule has 6 nitrogen and oxygen atoms in total. The lowest BCUT2D eigenvalue weighted by atomic mass is 10.1. The van der Waals surface area contributed by atoms with Crippen LogP contribution in [0, 0.1) is 0 Å². The number of benzene rings is 1. The van der Waals surface area contributed by atoms with Gasteiger partial charge in [-0.05, 0) is 39.7 Å². The summed E-state index contributed by atoms with van der Waals surface area (Å²) in [6.45, 7) is -0.657. The minimum atomic E-state index is -4.49. The Balaban J connectivity index is 2.07. The van der Waals surface area contributed by atoms with E-state index in [1.165, 1.54) is 12.1 Å². The highest BCUT2D eigenvalue weighted by Crippen LogP contribution is 2.43. The third-order valence-electron chi connectivity index (χ3n) is 3.69. The van der Waals surface area contributed by atoms with Crippen LogP contribution >= 0.6 is 27.3 Å². The maximum Gasteiger partial charge on any atom is 0.416 e. The summed E-state index contributed by atoms with van der Waals surface area (Å²) in [7, 11) is 0. The summed E-state index contributed by atoms with van der Waals surface area (Å²) < 4.78 is 39.3. The molecule has 0 atom stereocenters. The number of aromatic hydroxyl groups is 1. The number of pyridine rings is 1. The number of carbonyl (C=O) groups is 2. The lowest BCUT2D eigenvalue weighted by molar-refractivity contribution is -0.137. The van der Waals surface area contributed by atoms with Crippen molar-refractivity contribution in [3.8, 4) is 16.2 Å².